The van der Waals surface area contributed by atoms with Crippen LogP contribution in [0.4, 0.5) is 0 Å². The van der Waals surface area contributed by atoms with Crippen molar-refractivity contribution in [1.29, 1.82) is 0 Å². The molecule has 0 saturated heterocycles. The molecule has 0 aromatic rings. The van der Waals surface area contributed by atoms with Gasteiger partial charge in [-0.1, -0.05) is 19.7 Å². The fourth-order valence-electron chi connectivity index (χ4n) is 2.53. The van der Waals surface area contributed by atoms with Gasteiger partial charge in [-0.2, -0.15) is 0 Å². The molecule has 0 heterocycles. The Labute approximate surface area is 228 Å². The Morgan fingerprint density at radius 2 is 0.846 bits per heavy atom. The van der Waals surface area contributed by atoms with Crippen LogP contribution in [-0.2, 0) is 42.8 Å². The van der Waals surface area contributed by atoms with Crippen molar-refractivity contribution >= 4 is 17.9 Å². The summed E-state index contributed by atoms with van der Waals surface area (Å²) >= 11 is 0. The van der Waals surface area contributed by atoms with Crippen molar-refractivity contribution < 1.29 is 63.2 Å². The normalized spacial score (nSPS) is 14.8. The minimum Gasteiger partial charge on any atom is -0.460 e. The van der Waals surface area contributed by atoms with Gasteiger partial charge in [0.05, 0.1) is 51.7 Å². The van der Waals surface area contributed by atoms with Crippen molar-refractivity contribution in [2.75, 3.05) is 66.1 Å². The van der Waals surface area contributed by atoms with Crippen molar-refractivity contribution in [3.8, 4) is 0 Å². The number of aliphatic hydroxyl groups is 4. The van der Waals surface area contributed by atoms with Gasteiger partial charge in [-0.25, -0.2) is 14.4 Å². The molecular formula is C26H42O13. The highest BCUT2D eigenvalue weighted by molar-refractivity contribution is 5.87. The van der Waals surface area contributed by atoms with Crippen LogP contribution in [0.15, 0.2) is 36.5 Å². The summed E-state index contributed by atoms with van der Waals surface area (Å²) in [5.41, 5.74) is -0.698. The molecule has 0 rings (SSSR count). The van der Waals surface area contributed by atoms with Crippen LogP contribution in [0.2, 0.25) is 0 Å². The van der Waals surface area contributed by atoms with E-state index in [-0.39, 0.29) is 76.2 Å². The van der Waals surface area contributed by atoms with Crippen LogP contribution in [0.1, 0.15) is 20.8 Å². The smallest absolute Gasteiger partial charge is 0.333 e. The Kier molecular flexibility index (Phi) is 18.1. The standard InChI is InChI=1S/C26H42O13/c1-17(2)23(31)37-10-20(28)7-34-14-26(13-27,15-35-8-21(29)11-38-24(32)18(3)4)16-36-9-22(30)12-39-25(33)19(5)6/h20-22,27-30H,1,3,5,7-16H2,2,4,6H3. The maximum absolute atomic E-state index is 11.5. The number of esters is 3. The van der Waals surface area contributed by atoms with Crippen molar-refractivity contribution in [2.45, 2.75) is 39.1 Å². The predicted molar refractivity (Wildman–Crippen MR) is 137 cm³/mol. The first kappa shape index (κ1) is 36.4. The molecule has 0 fully saturated rings. The summed E-state index contributed by atoms with van der Waals surface area (Å²) in [5, 5.41) is 40.2. The van der Waals surface area contributed by atoms with Crippen LogP contribution in [0, 0.1) is 5.41 Å². The number of aliphatic hydroxyl groups excluding tert-OH is 4. The van der Waals surface area contributed by atoms with E-state index in [1.54, 1.807) is 0 Å². The molecule has 0 amide bonds. The SMILES string of the molecule is C=C(C)C(=O)OCC(O)COCC(CO)(COCC(O)COC(=O)C(=C)C)COCC(O)COC(=O)C(=C)C. The highest BCUT2D eigenvalue weighted by atomic mass is 16.6. The Hall–Kier alpha value is -2.65. The lowest BCUT2D eigenvalue weighted by Crippen LogP contribution is -2.43. The van der Waals surface area contributed by atoms with Crippen molar-refractivity contribution in [2.24, 2.45) is 5.41 Å². The molecule has 0 aliphatic heterocycles. The number of rotatable bonds is 22. The zero-order valence-electron chi connectivity index (χ0n) is 22.9. The molecule has 224 valence electrons. The molecule has 13 nitrogen and oxygen atoms in total. The van der Waals surface area contributed by atoms with Gasteiger partial charge in [0.15, 0.2) is 0 Å². The highest BCUT2D eigenvalue weighted by Gasteiger charge is 2.32. The van der Waals surface area contributed by atoms with Crippen LogP contribution >= 0.6 is 0 Å². The summed E-state index contributed by atoms with van der Waals surface area (Å²) in [6.45, 7) is 11.8. The molecule has 0 spiro atoms. The van der Waals surface area contributed by atoms with E-state index in [4.69, 9.17) is 28.4 Å². The minimum absolute atomic E-state index is 0.171. The maximum Gasteiger partial charge on any atom is 0.333 e. The second kappa shape index (κ2) is 19.4. The molecule has 13 heteroatoms. The molecule has 0 aromatic carbocycles. The minimum atomic E-state index is -1.21. The Bertz CT molecular complexity index is 720. The van der Waals surface area contributed by atoms with Crippen molar-refractivity contribution in [3.05, 3.63) is 36.5 Å². The van der Waals surface area contributed by atoms with E-state index < -0.39 is 48.2 Å². The first-order chi connectivity index (χ1) is 18.2. The predicted octanol–water partition coefficient (Wildman–Crippen LogP) is -0.544. The first-order valence-corrected chi connectivity index (χ1v) is 12.1. The van der Waals surface area contributed by atoms with Crippen LogP contribution < -0.4 is 0 Å². The van der Waals surface area contributed by atoms with Gasteiger partial charge in [-0.15, -0.1) is 0 Å². The van der Waals surface area contributed by atoms with Gasteiger partial charge < -0.3 is 48.8 Å². The number of hydrogen-bond donors (Lipinski definition) is 4. The molecule has 0 radical (unpaired) electrons. The molecule has 3 unspecified atom stereocenters. The van der Waals surface area contributed by atoms with Crippen molar-refractivity contribution in [1.82, 2.24) is 0 Å². The van der Waals surface area contributed by atoms with E-state index in [2.05, 4.69) is 19.7 Å². The van der Waals surface area contributed by atoms with Gasteiger partial charge in [0, 0.05) is 16.7 Å². The van der Waals surface area contributed by atoms with E-state index in [1.807, 2.05) is 0 Å². The molecule has 0 saturated carbocycles. The van der Waals surface area contributed by atoms with E-state index >= 15 is 0 Å². The molecular weight excluding hydrogens is 520 g/mol. The van der Waals surface area contributed by atoms with Gasteiger partial charge in [-0.3, -0.25) is 0 Å². The molecule has 3 atom stereocenters. The van der Waals surface area contributed by atoms with E-state index in [9.17, 15) is 34.8 Å². The summed E-state index contributed by atoms with van der Waals surface area (Å²) < 4.78 is 31.1. The number of hydrogen-bond acceptors (Lipinski definition) is 13. The monoisotopic (exact) mass is 562 g/mol. The zero-order valence-corrected chi connectivity index (χ0v) is 22.9. The average molecular weight is 563 g/mol. The second-order valence-corrected chi connectivity index (χ2v) is 9.30. The third-order valence-corrected chi connectivity index (χ3v) is 4.76. The number of carbonyl (C=O) groups excluding carboxylic acids is 3. The first-order valence-electron chi connectivity index (χ1n) is 12.1. The average Bonchev–Trinajstić information content (AvgIpc) is 2.88. The largest absolute Gasteiger partial charge is 0.460 e. The van der Waals surface area contributed by atoms with Crippen LogP contribution in [0.25, 0.3) is 0 Å². The molecule has 0 aliphatic rings. The topological polar surface area (TPSA) is 188 Å². The summed E-state index contributed by atoms with van der Waals surface area (Å²) in [5.74, 6) is -2.00. The Morgan fingerprint density at radius 1 is 0.590 bits per heavy atom. The third-order valence-electron chi connectivity index (χ3n) is 4.76. The van der Waals surface area contributed by atoms with Gasteiger partial charge in [0.1, 0.15) is 38.1 Å². The van der Waals surface area contributed by atoms with E-state index in [0.717, 1.165) is 0 Å². The van der Waals surface area contributed by atoms with Gasteiger partial charge in [0.25, 0.3) is 0 Å². The molecule has 0 aliphatic carbocycles. The van der Waals surface area contributed by atoms with E-state index in [1.165, 1.54) is 20.8 Å². The Morgan fingerprint density at radius 3 is 1.05 bits per heavy atom. The lowest BCUT2D eigenvalue weighted by Gasteiger charge is -2.32. The molecule has 0 bridgehead atoms. The van der Waals surface area contributed by atoms with Gasteiger partial charge in [0.2, 0.25) is 0 Å². The zero-order chi connectivity index (χ0) is 30.0. The summed E-state index contributed by atoms with van der Waals surface area (Å²) in [6, 6.07) is 0. The van der Waals surface area contributed by atoms with Crippen LogP contribution in [0.5, 0.6) is 0 Å². The van der Waals surface area contributed by atoms with Crippen LogP contribution in [0.3, 0.4) is 0 Å². The van der Waals surface area contributed by atoms with Gasteiger partial charge in [-0.05, 0) is 20.8 Å². The fourth-order valence-corrected chi connectivity index (χ4v) is 2.53. The quantitative estimate of drug-likeness (QED) is 0.0749. The van der Waals surface area contributed by atoms with E-state index in [0.29, 0.717) is 0 Å². The van der Waals surface area contributed by atoms with Gasteiger partial charge >= 0.3 is 17.9 Å². The fraction of sp³-hybridized carbons (Fsp3) is 0.654. The highest BCUT2D eigenvalue weighted by Crippen LogP contribution is 2.20. The Balaban J connectivity index is 4.97. The molecule has 0 aromatic heterocycles. The van der Waals surface area contributed by atoms with Crippen molar-refractivity contribution in [3.63, 3.8) is 0 Å². The lowest BCUT2D eigenvalue weighted by atomic mass is 9.92. The molecule has 39 heavy (non-hydrogen) atoms. The van der Waals surface area contributed by atoms with Crippen LogP contribution in [-0.4, -0.2) is 123 Å². The summed E-state index contributed by atoms with van der Waals surface area (Å²) in [7, 11) is 0. The summed E-state index contributed by atoms with van der Waals surface area (Å²) in [4.78, 5) is 34.4. The molecule has 4 N–H and O–H groups in total. The lowest BCUT2D eigenvalue weighted by molar-refractivity contribution is -0.147. The number of carbonyl (C=O) groups is 3. The third kappa shape index (κ3) is 16.8. The second-order valence-electron chi connectivity index (χ2n) is 9.30. The summed E-state index contributed by atoms with van der Waals surface area (Å²) in [6.07, 6.45) is -3.50. The number of ether oxygens (including phenoxy) is 6. The maximum atomic E-state index is 11.5.